The predicted molar refractivity (Wildman–Crippen MR) is 112 cm³/mol. The minimum absolute atomic E-state index is 0.150. The van der Waals surface area contributed by atoms with Crippen LogP contribution in [-0.4, -0.2) is 30.4 Å². The Morgan fingerprint density at radius 1 is 1.00 bits per heavy atom. The third-order valence-corrected chi connectivity index (χ3v) is 7.08. The van der Waals surface area contributed by atoms with Crippen molar-refractivity contribution in [3.8, 4) is 5.75 Å². The Hall–Kier alpha value is -2.89. The second-order valence-corrected chi connectivity index (χ2v) is 9.31. The Labute approximate surface area is 175 Å². The standard InChI is InChI=1S/C24H26N2O4/c27-13-20-19-4-2-1-3-18(19)5-6-21(20)30-14-22(28)25-23(29)26-24-10-15-7-16(11-24)9-17(8-15)12-24/h1-6,13,15-17H,7-12,14H2,(H2,25,26,28,29). The summed E-state index contributed by atoms with van der Waals surface area (Å²) < 4.78 is 5.57. The van der Waals surface area contributed by atoms with E-state index < -0.39 is 11.9 Å². The molecular formula is C24H26N2O4. The zero-order valence-electron chi connectivity index (χ0n) is 16.9. The molecule has 6 rings (SSSR count). The first-order chi connectivity index (χ1) is 14.5. The molecule has 0 aliphatic heterocycles. The number of imide groups is 1. The highest BCUT2D eigenvalue weighted by molar-refractivity contribution is 6.01. The molecule has 156 valence electrons. The van der Waals surface area contributed by atoms with Crippen molar-refractivity contribution in [2.75, 3.05) is 6.61 Å². The number of carbonyl (C=O) groups is 3. The van der Waals surface area contributed by atoms with Gasteiger partial charge in [0.25, 0.3) is 5.91 Å². The third kappa shape index (κ3) is 3.55. The fourth-order valence-corrected chi connectivity index (χ4v) is 6.36. The number of urea groups is 1. The second-order valence-electron chi connectivity index (χ2n) is 9.31. The van der Waals surface area contributed by atoms with Gasteiger partial charge in [0, 0.05) is 5.54 Å². The highest BCUT2D eigenvalue weighted by atomic mass is 16.5. The third-order valence-electron chi connectivity index (χ3n) is 7.08. The Kier molecular flexibility index (Phi) is 4.72. The number of rotatable bonds is 5. The smallest absolute Gasteiger partial charge is 0.321 e. The second kappa shape index (κ2) is 7.42. The molecule has 2 N–H and O–H groups in total. The molecule has 2 aromatic carbocycles. The van der Waals surface area contributed by atoms with Crippen LogP contribution in [0.5, 0.6) is 5.75 Å². The van der Waals surface area contributed by atoms with Gasteiger partial charge in [-0.2, -0.15) is 0 Å². The van der Waals surface area contributed by atoms with Crippen molar-refractivity contribution in [1.82, 2.24) is 10.6 Å². The van der Waals surface area contributed by atoms with Crippen molar-refractivity contribution in [2.45, 2.75) is 44.1 Å². The fraction of sp³-hybridized carbons (Fsp3) is 0.458. The van der Waals surface area contributed by atoms with Crippen LogP contribution < -0.4 is 15.4 Å². The lowest BCUT2D eigenvalue weighted by molar-refractivity contribution is -0.122. The van der Waals surface area contributed by atoms with Gasteiger partial charge in [-0.05, 0) is 73.1 Å². The molecule has 4 saturated carbocycles. The van der Waals surface area contributed by atoms with E-state index in [-0.39, 0.29) is 12.1 Å². The number of amides is 3. The maximum atomic E-state index is 12.5. The highest BCUT2D eigenvalue weighted by Crippen LogP contribution is 2.55. The summed E-state index contributed by atoms with van der Waals surface area (Å²) in [4.78, 5) is 36.4. The summed E-state index contributed by atoms with van der Waals surface area (Å²) in [5.41, 5.74) is 0.252. The Morgan fingerprint density at radius 3 is 2.33 bits per heavy atom. The molecule has 4 aliphatic rings. The topological polar surface area (TPSA) is 84.5 Å². The Balaban J connectivity index is 1.19. The molecule has 4 bridgehead atoms. The number of hydrogen-bond acceptors (Lipinski definition) is 4. The predicted octanol–water partition coefficient (Wildman–Crippen LogP) is 3.83. The first-order valence-electron chi connectivity index (χ1n) is 10.8. The molecule has 4 aliphatic carbocycles. The molecule has 0 atom stereocenters. The largest absolute Gasteiger partial charge is 0.483 e. The molecule has 6 heteroatoms. The summed E-state index contributed by atoms with van der Waals surface area (Å²) in [5, 5.41) is 7.21. The summed E-state index contributed by atoms with van der Waals surface area (Å²) in [5.74, 6) is 1.95. The molecule has 0 heterocycles. The maximum Gasteiger partial charge on any atom is 0.321 e. The van der Waals surface area contributed by atoms with Crippen LogP contribution in [-0.2, 0) is 4.79 Å². The number of nitrogens with one attached hydrogen (secondary N) is 2. The summed E-state index contributed by atoms with van der Waals surface area (Å²) in [6, 6.07) is 10.6. The average Bonchev–Trinajstić information content (AvgIpc) is 2.70. The van der Waals surface area contributed by atoms with Gasteiger partial charge in [0.15, 0.2) is 12.9 Å². The van der Waals surface area contributed by atoms with Gasteiger partial charge < -0.3 is 10.1 Å². The van der Waals surface area contributed by atoms with Crippen LogP contribution in [0.15, 0.2) is 36.4 Å². The molecule has 30 heavy (non-hydrogen) atoms. The van der Waals surface area contributed by atoms with E-state index in [9.17, 15) is 14.4 Å². The van der Waals surface area contributed by atoms with Crippen LogP contribution in [0.3, 0.4) is 0 Å². The number of hydrogen-bond donors (Lipinski definition) is 2. The lowest BCUT2D eigenvalue weighted by Crippen LogP contribution is -2.62. The summed E-state index contributed by atoms with van der Waals surface area (Å²) in [6.07, 6.45) is 7.68. The van der Waals surface area contributed by atoms with Crippen molar-refractivity contribution >= 4 is 29.0 Å². The van der Waals surface area contributed by atoms with Crippen molar-refractivity contribution < 1.29 is 19.1 Å². The van der Waals surface area contributed by atoms with Gasteiger partial charge in [-0.3, -0.25) is 14.9 Å². The van der Waals surface area contributed by atoms with Crippen LogP contribution in [0.1, 0.15) is 48.9 Å². The zero-order valence-corrected chi connectivity index (χ0v) is 16.9. The van der Waals surface area contributed by atoms with E-state index in [1.54, 1.807) is 6.07 Å². The van der Waals surface area contributed by atoms with E-state index >= 15 is 0 Å². The minimum Gasteiger partial charge on any atom is -0.483 e. The number of ether oxygens (including phenoxy) is 1. The Morgan fingerprint density at radius 2 is 1.67 bits per heavy atom. The van der Waals surface area contributed by atoms with Crippen molar-refractivity contribution in [3.05, 3.63) is 42.0 Å². The molecule has 2 aromatic rings. The van der Waals surface area contributed by atoms with Crippen LogP contribution in [0.4, 0.5) is 4.79 Å². The molecule has 4 fully saturated rings. The molecule has 6 nitrogen and oxygen atoms in total. The first kappa shape index (κ1) is 19.1. The molecule has 0 spiro atoms. The van der Waals surface area contributed by atoms with E-state index in [1.807, 2.05) is 30.3 Å². The summed E-state index contributed by atoms with van der Waals surface area (Å²) >= 11 is 0. The van der Waals surface area contributed by atoms with E-state index in [0.29, 0.717) is 29.1 Å². The van der Waals surface area contributed by atoms with Crippen LogP contribution >= 0.6 is 0 Å². The maximum absolute atomic E-state index is 12.5. The van der Waals surface area contributed by atoms with Gasteiger partial charge in [0.1, 0.15) is 5.75 Å². The first-order valence-corrected chi connectivity index (χ1v) is 10.8. The molecule has 3 amide bonds. The average molecular weight is 406 g/mol. The molecule has 0 unspecified atom stereocenters. The molecule has 0 saturated heterocycles. The van der Waals surface area contributed by atoms with Gasteiger partial charge in [-0.15, -0.1) is 0 Å². The SMILES string of the molecule is O=Cc1c(OCC(=O)NC(=O)NC23CC4CC(CC(C4)C2)C3)ccc2ccccc12. The van der Waals surface area contributed by atoms with Crippen LogP contribution in [0, 0.1) is 17.8 Å². The quantitative estimate of drug-likeness (QED) is 0.739. The molecule has 0 radical (unpaired) electrons. The normalized spacial score (nSPS) is 28.9. The molecule has 0 aromatic heterocycles. The van der Waals surface area contributed by atoms with E-state index in [1.165, 1.54) is 19.3 Å². The van der Waals surface area contributed by atoms with Gasteiger partial charge >= 0.3 is 6.03 Å². The van der Waals surface area contributed by atoms with E-state index in [2.05, 4.69) is 10.6 Å². The number of carbonyl (C=O) groups excluding carboxylic acids is 3. The number of benzene rings is 2. The Bertz CT molecular complexity index is 980. The van der Waals surface area contributed by atoms with Crippen molar-refractivity contribution in [1.29, 1.82) is 0 Å². The summed E-state index contributed by atoms with van der Waals surface area (Å²) in [7, 11) is 0. The van der Waals surface area contributed by atoms with Gasteiger partial charge in [0.2, 0.25) is 0 Å². The highest BCUT2D eigenvalue weighted by Gasteiger charge is 2.51. The van der Waals surface area contributed by atoms with Crippen molar-refractivity contribution in [2.24, 2.45) is 17.8 Å². The lowest BCUT2D eigenvalue weighted by Gasteiger charge is -2.56. The van der Waals surface area contributed by atoms with Crippen molar-refractivity contribution in [3.63, 3.8) is 0 Å². The molecular weight excluding hydrogens is 380 g/mol. The number of fused-ring (bicyclic) bond motifs is 1. The van der Waals surface area contributed by atoms with Crippen LogP contribution in [0.2, 0.25) is 0 Å². The fourth-order valence-electron chi connectivity index (χ4n) is 6.36. The number of aldehydes is 1. The lowest BCUT2D eigenvalue weighted by atomic mass is 9.53. The zero-order chi connectivity index (χ0) is 20.7. The van der Waals surface area contributed by atoms with Gasteiger partial charge in [0.05, 0.1) is 5.56 Å². The van der Waals surface area contributed by atoms with E-state index in [0.717, 1.165) is 36.3 Å². The van der Waals surface area contributed by atoms with Gasteiger partial charge in [-0.25, -0.2) is 4.79 Å². The van der Waals surface area contributed by atoms with E-state index in [4.69, 9.17) is 4.74 Å². The minimum atomic E-state index is -0.526. The summed E-state index contributed by atoms with van der Waals surface area (Å²) in [6.45, 7) is -0.326. The van der Waals surface area contributed by atoms with Crippen LogP contribution in [0.25, 0.3) is 10.8 Å². The monoisotopic (exact) mass is 406 g/mol. The van der Waals surface area contributed by atoms with Gasteiger partial charge in [-0.1, -0.05) is 30.3 Å².